The lowest BCUT2D eigenvalue weighted by Crippen LogP contribution is -2.39. The molecular formula is C25H23BrN2O5S. The quantitative estimate of drug-likeness (QED) is 0.445. The molecule has 4 rings (SSSR count). The number of allylic oxidation sites excluding steroid dienone is 1. The van der Waals surface area contributed by atoms with Crippen molar-refractivity contribution >= 4 is 39.3 Å². The van der Waals surface area contributed by atoms with E-state index in [0.717, 1.165) is 15.6 Å². The topological polar surface area (TPSA) is 79.1 Å². The number of nitrogens with zero attached hydrogens (tertiary/aromatic N) is 2. The maximum atomic E-state index is 13.6. The Morgan fingerprint density at radius 1 is 1.24 bits per heavy atom. The highest BCUT2D eigenvalue weighted by Gasteiger charge is 2.32. The van der Waals surface area contributed by atoms with E-state index in [9.17, 15) is 9.59 Å². The van der Waals surface area contributed by atoms with Gasteiger partial charge in [-0.2, -0.15) is 0 Å². The van der Waals surface area contributed by atoms with Crippen molar-refractivity contribution in [1.29, 1.82) is 0 Å². The van der Waals surface area contributed by atoms with Gasteiger partial charge in [0.05, 0.1) is 47.1 Å². The van der Waals surface area contributed by atoms with Crippen molar-refractivity contribution in [3.8, 4) is 11.5 Å². The predicted octanol–water partition coefficient (Wildman–Crippen LogP) is 3.58. The zero-order valence-electron chi connectivity index (χ0n) is 19.1. The van der Waals surface area contributed by atoms with Crippen molar-refractivity contribution in [2.45, 2.75) is 19.9 Å². The number of benzene rings is 2. The maximum absolute atomic E-state index is 13.6. The fourth-order valence-corrected chi connectivity index (χ4v) is 5.52. The fourth-order valence-electron chi connectivity index (χ4n) is 3.90. The van der Waals surface area contributed by atoms with E-state index in [1.165, 1.54) is 18.4 Å². The van der Waals surface area contributed by atoms with Crippen LogP contribution < -0.4 is 24.4 Å². The molecule has 1 aliphatic heterocycles. The van der Waals surface area contributed by atoms with E-state index >= 15 is 0 Å². The molecule has 176 valence electrons. The highest BCUT2D eigenvalue weighted by Crippen LogP contribution is 2.37. The second-order valence-corrected chi connectivity index (χ2v) is 9.31. The molecule has 0 unspecified atom stereocenters. The van der Waals surface area contributed by atoms with Gasteiger partial charge in [0, 0.05) is 0 Å². The van der Waals surface area contributed by atoms with Crippen molar-refractivity contribution in [3.63, 3.8) is 0 Å². The number of carbonyl (C=O) groups is 1. The Morgan fingerprint density at radius 2 is 1.97 bits per heavy atom. The highest BCUT2D eigenvalue weighted by atomic mass is 79.9. The monoisotopic (exact) mass is 542 g/mol. The molecule has 1 aliphatic rings. The smallest absolute Gasteiger partial charge is 0.338 e. The SMILES string of the molecule is CCOc1c(Br)cc(/C=c2\sc3n(c2=O)[C@H](c2ccccc2)C(C(=O)OC)=C(C)N=3)cc1OC. The summed E-state index contributed by atoms with van der Waals surface area (Å²) in [5, 5.41) is 0. The van der Waals surface area contributed by atoms with Crippen LogP contribution in [0.1, 0.15) is 31.0 Å². The average Bonchev–Trinajstić information content (AvgIpc) is 3.14. The number of hydrogen-bond donors (Lipinski definition) is 0. The lowest BCUT2D eigenvalue weighted by atomic mass is 9.96. The highest BCUT2D eigenvalue weighted by molar-refractivity contribution is 9.10. The summed E-state index contributed by atoms with van der Waals surface area (Å²) in [6.07, 6.45) is 1.78. The van der Waals surface area contributed by atoms with Crippen LogP contribution in [0.4, 0.5) is 0 Å². The number of hydrogen-bond acceptors (Lipinski definition) is 7. The zero-order chi connectivity index (χ0) is 24.4. The number of ether oxygens (including phenoxy) is 3. The van der Waals surface area contributed by atoms with Crippen LogP contribution in [0.2, 0.25) is 0 Å². The molecule has 2 aromatic carbocycles. The van der Waals surface area contributed by atoms with Crippen LogP contribution in [0.15, 0.2) is 68.0 Å². The number of carbonyl (C=O) groups excluding carboxylic acids is 1. The minimum absolute atomic E-state index is 0.240. The largest absolute Gasteiger partial charge is 0.493 e. The van der Waals surface area contributed by atoms with E-state index in [1.54, 1.807) is 24.7 Å². The summed E-state index contributed by atoms with van der Waals surface area (Å²) in [5.74, 6) is 0.650. The first-order valence-electron chi connectivity index (χ1n) is 10.6. The minimum atomic E-state index is -0.631. The molecule has 0 radical (unpaired) electrons. The van der Waals surface area contributed by atoms with Gasteiger partial charge in [-0.05, 0) is 59.1 Å². The number of methoxy groups -OCH3 is 2. The number of fused-ring (bicyclic) bond motifs is 1. The van der Waals surface area contributed by atoms with E-state index in [2.05, 4.69) is 20.9 Å². The van der Waals surface area contributed by atoms with Gasteiger partial charge in [0.25, 0.3) is 5.56 Å². The lowest BCUT2D eigenvalue weighted by Gasteiger charge is -2.24. The average molecular weight is 543 g/mol. The van der Waals surface area contributed by atoms with Crippen LogP contribution in [0.5, 0.6) is 11.5 Å². The van der Waals surface area contributed by atoms with Crippen molar-refractivity contribution in [2.75, 3.05) is 20.8 Å². The molecule has 9 heteroatoms. The second kappa shape index (κ2) is 9.99. The first kappa shape index (κ1) is 24.0. The summed E-state index contributed by atoms with van der Waals surface area (Å²) in [4.78, 5) is 31.4. The van der Waals surface area contributed by atoms with Gasteiger partial charge in [-0.15, -0.1) is 0 Å². The summed E-state index contributed by atoms with van der Waals surface area (Å²) in [7, 11) is 2.89. The first-order chi connectivity index (χ1) is 16.4. The molecule has 2 heterocycles. The van der Waals surface area contributed by atoms with Gasteiger partial charge in [0.1, 0.15) is 0 Å². The molecule has 0 aliphatic carbocycles. The third-order valence-corrected chi connectivity index (χ3v) is 6.95. The Balaban J connectivity index is 1.93. The van der Waals surface area contributed by atoms with Gasteiger partial charge in [-0.1, -0.05) is 41.7 Å². The van der Waals surface area contributed by atoms with Gasteiger partial charge in [-0.3, -0.25) is 9.36 Å². The van der Waals surface area contributed by atoms with Gasteiger partial charge in [-0.25, -0.2) is 9.79 Å². The van der Waals surface area contributed by atoms with Crippen LogP contribution in [0.3, 0.4) is 0 Å². The van der Waals surface area contributed by atoms with E-state index in [1.807, 2.05) is 49.4 Å². The molecule has 0 saturated heterocycles. The van der Waals surface area contributed by atoms with Gasteiger partial charge < -0.3 is 14.2 Å². The van der Waals surface area contributed by atoms with E-state index < -0.39 is 12.0 Å². The summed E-state index contributed by atoms with van der Waals surface area (Å²) < 4.78 is 18.9. The molecule has 3 aromatic rings. The molecule has 0 bridgehead atoms. The third-order valence-electron chi connectivity index (χ3n) is 5.38. The summed E-state index contributed by atoms with van der Waals surface area (Å²) in [5.41, 5.74) is 2.19. The standard InChI is InChI=1S/C25H23BrN2O5S/c1-5-33-22-17(26)11-15(12-18(22)31-3)13-19-23(29)28-21(16-9-7-6-8-10-16)20(24(30)32-4)14(2)27-25(28)34-19/h6-13,21H,5H2,1-4H3/b19-13-/t21-/m1/s1. The zero-order valence-corrected chi connectivity index (χ0v) is 21.5. The Labute approximate surface area is 208 Å². The second-order valence-electron chi connectivity index (χ2n) is 7.45. The Kier molecular flexibility index (Phi) is 7.04. The molecule has 0 amide bonds. The van der Waals surface area contributed by atoms with Gasteiger partial charge >= 0.3 is 5.97 Å². The van der Waals surface area contributed by atoms with Crippen molar-refractivity contribution < 1.29 is 19.0 Å². The molecule has 1 atom stereocenters. The van der Waals surface area contributed by atoms with Crippen molar-refractivity contribution in [3.05, 3.63) is 89.0 Å². The van der Waals surface area contributed by atoms with Gasteiger partial charge in [0.2, 0.25) is 0 Å². The van der Waals surface area contributed by atoms with Crippen LogP contribution in [0, 0.1) is 0 Å². The predicted molar refractivity (Wildman–Crippen MR) is 134 cm³/mol. The molecule has 7 nitrogen and oxygen atoms in total. The Hall–Kier alpha value is -3.17. The number of aromatic nitrogens is 1. The molecule has 0 saturated carbocycles. The Morgan fingerprint density at radius 3 is 2.62 bits per heavy atom. The van der Waals surface area contributed by atoms with Crippen LogP contribution in [-0.4, -0.2) is 31.4 Å². The fraction of sp³-hybridized carbons (Fsp3) is 0.240. The maximum Gasteiger partial charge on any atom is 0.338 e. The van der Waals surface area contributed by atoms with E-state index in [0.29, 0.717) is 38.7 Å². The molecule has 0 N–H and O–H groups in total. The van der Waals surface area contributed by atoms with E-state index in [-0.39, 0.29) is 5.56 Å². The molecule has 0 fully saturated rings. The van der Waals surface area contributed by atoms with Crippen LogP contribution >= 0.6 is 27.3 Å². The normalized spacial score (nSPS) is 15.6. The van der Waals surface area contributed by atoms with E-state index in [4.69, 9.17) is 14.2 Å². The Bertz CT molecular complexity index is 1460. The minimum Gasteiger partial charge on any atom is -0.493 e. The molecular weight excluding hydrogens is 520 g/mol. The van der Waals surface area contributed by atoms with Crippen molar-refractivity contribution in [1.82, 2.24) is 4.57 Å². The summed E-state index contributed by atoms with van der Waals surface area (Å²) >= 11 is 4.80. The molecule has 1 aromatic heterocycles. The first-order valence-corrected chi connectivity index (χ1v) is 12.2. The lowest BCUT2D eigenvalue weighted by molar-refractivity contribution is -0.136. The number of esters is 1. The third kappa shape index (κ3) is 4.33. The summed E-state index contributed by atoms with van der Waals surface area (Å²) in [6.45, 7) is 4.15. The van der Waals surface area contributed by atoms with Crippen molar-refractivity contribution in [2.24, 2.45) is 4.99 Å². The molecule has 34 heavy (non-hydrogen) atoms. The number of thiazole rings is 1. The van der Waals surface area contributed by atoms with Gasteiger partial charge in [0.15, 0.2) is 16.3 Å². The van der Waals surface area contributed by atoms with Crippen LogP contribution in [0.25, 0.3) is 6.08 Å². The molecule has 0 spiro atoms. The summed E-state index contributed by atoms with van der Waals surface area (Å²) in [6, 6.07) is 12.5. The van der Waals surface area contributed by atoms with Crippen LogP contribution in [-0.2, 0) is 9.53 Å². The number of rotatable bonds is 6. The number of halogens is 1.